The van der Waals surface area contributed by atoms with Crippen LogP contribution in [0.2, 0.25) is 0 Å². The van der Waals surface area contributed by atoms with Gasteiger partial charge in [0.05, 0.1) is 0 Å². The average Bonchev–Trinajstić information content (AvgIpc) is 3.59. The predicted octanol–water partition coefficient (Wildman–Crippen LogP) is 9.81. The van der Waals surface area contributed by atoms with E-state index in [0.717, 1.165) is 0 Å². The van der Waals surface area contributed by atoms with Crippen molar-refractivity contribution >= 4 is 17.7 Å². The zero-order valence-corrected chi connectivity index (χ0v) is 27.1. The molecule has 0 nitrogen and oxygen atoms in total. The summed E-state index contributed by atoms with van der Waals surface area (Å²) in [5.74, 6) is 0.189. The summed E-state index contributed by atoms with van der Waals surface area (Å²) < 4.78 is 0. The molecule has 2 aliphatic rings. The Kier molecular flexibility index (Phi) is 6.67. The summed E-state index contributed by atoms with van der Waals surface area (Å²) in [5, 5.41) is 2.71. The van der Waals surface area contributed by atoms with Crippen LogP contribution in [-0.4, -0.2) is 0 Å². The van der Waals surface area contributed by atoms with Gasteiger partial charge in [-0.3, -0.25) is 0 Å². The van der Waals surface area contributed by atoms with Gasteiger partial charge in [-0.05, 0) is 107 Å². The van der Waals surface area contributed by atoms with Crippen molar-refractivity contribution in [1.29, 1.82) is 0 Å². The lowest BCUT2D eigenvalue weighted by Crippen LogP contribution is -2.34. The number of hydrogen-bond donors (Lipinski definition) is 0. The van der Waals surface area contributed by atoms with E-state index in [4.69, 9.17) is 0 Å². The second-order valence-electron chi connectivity index (χ2n) is 14.6. The maximum atomic E-state index is 2.52. The first kappa shape index (κ1) is 28.4. The topological polar surface area (TPSA) is 0 Å². The highest BCUT2D eigenvalue weighted by molar-refractivity contribution is 5.88. The smallest absolute Gasteiger partial charge is 0.0290 e. The minimum absolute atomic E-state index is 0.0913. The Hall–Kier alpha value is -4.42. The van der Waals surface area contributed by atoms with Gasteiger partial charge in [-0.25, -0.2) is 0 Å². The van der Waals surface area contributed by atoms with Gasteiger partial charge in [-0.2, -0.15) is 0 Å². The Morgan fingerprint density at radius 3 is 1.86 bits per heavy atom. The molecule has 0 fully saturated rings. The molecule has 0 aromatic heterocycles. The van der Waals surface area contributed by atoms with E-state index in [1.807, 2.05) is 0 Å². The summed E-state index contributed by atoms with van der Waals surface area (Å²) >= 11 is 0. The van der Waals surface area contributed by atoms with Gasteiger partial charge in [0.15, 0.2) is 0 Å². The lowest BCUT2D eigenvalue weighted by atomic mass is 9.74. The quantitative estimate of drug-likeness (QED) is 0.199. The number of allylic oxidation sites excluding steroid dienone is 1. The molecular weight excluding hydrogens is 528 g/mol. The maximum absolute atomic E-state index is 2.52. The minimum Gasteiger partial charge on any atom is -0.0720 e. The Morgan fingerprint density at radius 1 is 0.591 bits per heavy atom. The molecule has 0 bridgehead atoms. The summed E-state index contributed by atoms with van der Waals surface area (Å²) in [5.41, 5.74) is 16.2. The van der Waals surface area contributed by atoms with Gasteiger partial charge in [0.2, 0.25) is 0 Å². The third kappa shape index (κ3) is 4.69. The fraction of sp³-hybridized carbons (Fsp3) is 0.227. The summed E-state index contributed by atoms with van der Waals surface area (Å²) in [6.07, 6.45) is 7.29. The van der Waals surface area contributed by atoms with E-state index in [2.05, 4.69) is 170 Å². The van der Waals surface area contributed by atoms with Gasteiger partial charge >= 0.3 is 0 Å². The lowest BCUT2D eigenvalue weighted by molar-refractivity contribution is 0.576. The fourth-order valence-corrected chi connectivity index (χ4v) is 7.47. The highest BCUT2D eigenvalue weighted by Crippen LogP contribution is 2.42. The van der Waals surface area contributed by atoms with Gasteiger partial charge in [0.25, 0.3) is 0 Å². The molecule has 1 atom stereocenters. The molecular formula is C44H42. The van der Waals surface area contributed by atoms with Gasteiger partial charge in [-0.1, -0.05) is 151 Å². The minimum atomic E-state index is -0.104. The molecule has 0 heterocycles. The highest BCUT2D eigenvalue weighted by atomic mass is 14.4. The van der Waals surface area contributed by atoms with Crippen LogP contribution in [0.4, 0.5) is 0 Å². The second kappa shape index (κ2) is 10.3. The van der Waals surface area contributed by atoms with Gasteiger partial charge < -0.3 is 0 Å². The Morgan fingerprint density at radius 2 is 1.25 bits per heavy atom. The number of fused-ring (bicyclic) bond motifs is 4. The molecule has 0 N–H and O–H groups in total. The molecule has 0 amide bonds. The molecule has 7 rings (SSSR count). The molecule has 0 radical (unpaired) electrons. The molecule has 0 saturated carbocycles. The van der Waals surface area contributed by atoms with Crippen molar-refractivity contribution in [1.82, 2.24) is 0 Å². The van der Waals surface area contributed by atoms with Gasteiger partial charge in [0, 0.05) is 5.92 Å². The molecule has 0 aliphatic heterocycles. The van der Waals surface area contributed by atoms with E-state index in [-0.39, 0.29) is 16.7 Å². The largest absolute Gasteiger partial charge is 0.0720 e. The lowest BCUT2D eigenvalue weighted by Gasteiger charge is -2.30. The van der Waals surface area contributed by atoms with Crippen LogP contribution >= 0.6 is 0 Å². The number of hydrogen-bond acceptors (Lipinski definition) is 0. The molecule has 44 heavy (non-hydrogen) atoms. The zero-order valence-electron chi connectivity index (χ0n) is 27.1. The molecule has 5 aromatic rings. The number of benzene rings is 5. The summed E-state index contributed by atoms with van der Waals surface area (Å²) in [6.45, 7) is 16.4. The van der Waals surface area contributed by atoms with Crippen LogP contribution in [0.1, 0.15) is 97.5 Å². The van der Waals surface area contributed by atoms with E-state index >= 15 is 0 Å². The zero-order chi connectivity index (χ0) is 30.8. The Bertz CT molecular complexity index is 2020. The predicted molar refractivity (Wildman–Crippen MR) is 189 cm³/mol. The van der Waals surface area contributed by atoms with Crippen molar-refractivity contribution in [2.24, 2.45) is 0 Å². The van der Waals surface area contributed by atoms with Crippen LogP contribution in [0.25, 0.3) is 28.9 Å². The van der Waals surface area contributed by atoms with Crippen LogP contribution in [-0.2, 0) is 10.8 Å². The van der Waals surface area contributed by atoms with Crippen LogP contribution < -0.4 is 10.4 Å². The molecule has 218 valence electrons. The first-order valence-electron chi connectivity index (χ1n) is 16.0. The highest BCUT2D eigenvalue weighted by Gasteiger charge is 2.33. The van der Waals surface area contributed by atoms with Crippen LogP contribution in [0.5, 0.6) is 0 Å². The van der Waals surface area contributed by atoms with E-state index in [9.17, 15) is 0 Å². The maximum Gasteiger partial charge on any atom is 0.0290 e. The molecule has 5 aromatic carbocycles. The van der Waals surface area contributed by atoms with Crippen LogP contribution in [0.3, 0.4) is 0 Å². The van der Waals surface area contributed by atoms with Gasteiger partial charge in [-0.15, -0.1) is 0 Å². The van der Waals surface area contributed by atoms with E-state index in [1.165, 1.54) is 77.2 Å². The number of aryl methyl sites for hydroxylation is 1. The summed E-state index contributed by atoms with van der Waals surface area (Å²) in [7, 11) is 0. The van der Waals surface area contributed by atoms with Gasteiger partial charge in [0.1, 0.15) is 0 Å². The molecule has 0 saturated heterocycles. The Balaban J connectivity index is 1.70. The van der Waals surface area contributed by atoms with Crippen molar-refractivity contribution < 1.29 is 0 Å². The molecule has 0 heteroatoms. The Labute approximate surface area is 263 Å². The summed E-state index contributed by atoms with van der Waals surface area (Å²) in [6, 6.07) is 38.4. The van der Waals surface area contributed by atoms with Crippen LogP contribution in [0, 0.1) is 6.92 Å². The van der Waals surface area contributed by atoms with Crippen molar-refractivity contribution in [3.8, 4) is 11.1 Å². The van der Waals surface area contributed by atoms with E-state index < -0.39 is 0 Å². The van der Waals surface area contributed by atoms with E-state index in [1.54, 1.807) is 0 Å². The second-order valence-corrected chi connectivity index (χ2v) is 14.6. The normalized spacial score (nSPS) is 15.0. The first-order valence-corrected chi connectivity index (χ1v) is 16.0. The van der Waals surface area contributed by atoms with Crippen molar-refractivity contribution in [2.45, 2.75) is 65.2 Å². The third-order valence-electron chi connectivity index (χ3n) is 9.51. The average molecular weight is 571 g/mol. The monoisotopic (exact) mass is 570 g/mol. The first-order chi connectivity index (χ1) is 21.0. The van der Waals surface area contributed by atoms with Crippen molar-refractivity contribution in [2.75, 3.05) is 0 Å². The van der Waals surface area contributed by atoms with Crippen molar-refractivity contribution in [3.63, 3.8) is 0 Å². The summed E-state index contributed by atoms with van der Waals surface area (Å²) in [4.78, 5) is 0. The van der Waals surface area contributed by atoms with Crippen molar-refractivity contribution in [3.05, 3.63) is 170 Å². The van der Waals surface area contributed by atoms with Crippen LogP contribution in [0.15, 0.2) is 109 Å². The SMILES string of the molecule is Cc1cccc2c1C(c1c(C(C)(C)C)c(=C(c3ccccc3)c3ccccc3)cc3c1=Cc1cc(C(C)(C)C)ccc1-3)C=C2. The molecule has 1 unspecified atom stereocenters. The standard InChI is InChI=1S/C44H42/c1-28-15-14-20-31-21-23-35(39(28)31)41-37-26-32-25-33(43(2,3)4)22-24-34(32)36(37)27-38(42(41)44(5,6)7)40(29-16-10-8-11-17-29)30-18-12-9-13-19-30/h8-27,35H,1-7H3. The fourth-order valence-electron chi connectivity index (χ4n) is 7.47. The third-order valence-corrected chi connectivity index (χ3v) is 9.51. The number of rotatable bonds is 3. The molecule has 2 aliphatic carbocycles. The molecule has 0 spiro atoms. The van der Waals surface area contributed by atoms with E-state index in [0.29, 0.717) is 0 Å².